The van der Waals surface area contributed by atoms with Crippen LogP contribution in [0.15, 0.2) is 23.1 Å². The van der Waals surface area contributed by atoms with Gasteiger partial charge in [-0.05, 0) is 51.9 Å². The van der Waals surface area contributed by atoms with Crippen molar-refractivity contribution in [2.24, 2.45) is 0 Å². The third-order valence-corrected chi connectivity index (χ3v) is 7.88. The number of nitrogens with one attached hydrogen (secondary N) is 2. The van der Waals surface area contributed by atoms with E-state index in [-0.39, 0.29) is 29.0 Å². The van der Waals surface area contributed by atoms with E-state index in [9.17, 15) is 21.2 Å². The zero-order valence-corrected chi connectivity index (χ0v) is 17.3. The Morgan fingerprint density at radius 3 is 2.46 bits per heavy atom. The summed E-state index contributed by atoms with van der Waals surface area (Å²) >= 11 is 0. The van der Waals surface area contributed by atoms with Gasteiger partial charge in [-0.2, -0.15) is 4.31 Å². The van der Waals surface area contributed by atoms with E-state index in [1.54, 1.807) is 7.05 Å². The lowest BCUT2D eigenvalue weighted by Crippen LogP contribution is -2.40. The fraction of sp³-hybridized carbons (Fsp3) is 0.600. The Hall–Kier alpha value is -0.940. The van der Waals surface area contributed by atoms with E-state index in [1.807, 2.05) is 0 Å². The molecule has 2 rings (SSSR count). The number of sulfonamides is 2. The van der Waals surface area contributed by atoms with E-state index in [1.165, 1.54) is 24.2 Å². The summed E-state index contributed by atoms with van der Waals surface area (Å²) in [5.41, 5.74) is -0.263. The summed E-state index contributed by atoms with van der Waals surface area (Å²) in [5, 5.41) is 2.23. The zero-order valence-electron chi connectivity index (χ0n) is 14.9. The van der Waals surface area contributed by atoms with Gasteiger partial charge in [0.25, 0.3) is 0 Å². The molecular formula is C15H25ClFN3O4S2. The first kappa shape index (κ1) is 23.1. The van der Waals surface area contributed by atoms with Crippen LogP contribution in [0.25, 0.3) is 0 Å². The molecule has 1 fully saturated rings. The molecule has 26 heavy (non-hydrogen) atoms. The SMILES string of the molecule is CNCC1CCCN1S(=O)(=O)c1ccc(NS(=O)(=O)C(C)C)c(F)c1.Cl. The van der Waals surface area contributed by atoms with E-state index in [4.69, 9.17) is 0 Å². The summed E-state index contributed by atoms with van der Waals surface area (Å²) in [6, 6.07) is 3.07. The first-order valence-corrected chi connectivity index (χ1v) is 11.1. The average Bonchev–Trinajstić information content (AvgIpc) is 2.98. The van der Waals surface area contributed by atoms with Gasteiger partial charge in [-0.1, -0.05) is 0 Å². The highest BCUT2D eigenvalue weighted by atomic mass is 35.5. The topological polar surface area (TPSA) is 95.6 Å². The highest BCUT2D eigenvalue weighted by Crippen LogP contribution is 2.28. The van der Waals surface area contributed by atoms with Crippen molar-refractivity contribution in [1.82, 2.24) is 9.62 Å². The predicted molar refractivity (Wildman–Crippen MR) is 102 cm³/mol. The summed E-state index contributed by atoms with van der Waals surface area (Å²) in [5.74, 6) is -0.922. The number of benzene rings is 1. The molecule has 7 nitrogen and oxygen atoms in total. The van der Waals surface area contributed by atoms with Crippen LogP contribution < -0.4 is 10.0 Å². The van der Waals surface area contributed by atoms with Crippen LogP contribution in [0.3, 0.4) is 0 Å². The maximum atomic E-state index is 14.3. The summed E-state index contributed by atoms with van der Waals surface area (Å²) in [6.07, 6.45) is 1.50. The van der Waals surface area contributed by atoms with Gasteiger partial charge in [0.2, 0.25) is 20.0 Å². The average molecular weight is 430 g/mol. The molecule has 1 atom stereocenters. The molecule has 0 saturated carbocycles. The largest absolute Gasteiger partial charge is 0.318 e. The minimum Gasteiger partial charge on any atom is -0.318 e. The number of halogens is 2. The highest BCUT2D eigenvalue weighted by molar-refractivity contribution is 7.93. The maximum absolute atomic E-state index is 14.3. The molecule has 2 N–H and O–H groups in total. The van der Waals surface area contributed by atoms with Gasteiger partial charge in [0.15, 0.2) is 0 Å². The second-order valence-electron chi connectivity index (χ2n) is 6.31. The zero-order chi connectivity index (χ0) is 18.8. The van der Waals surface area contributed by atoms with Gasteiger partial charge in [0, 0.05) is 19.1 Å². The lowest BCUT2D eigenvalue weighted by atomic mass is 10.2. The molecule has 0 aliphatic carbocycles. The molecule has 0 spiro atoms. The van der Waals surface area contributed by atoms with Gasteiger partial charge in [-0.15, -0.1) is 12.4 Å². The fourth-order valence-electron chi connectivity index (χ4n) is 2.71. The fourth-order valence-corrected chi connectivity index (χ4v) is 5.12. The summed E-state index contributed by atoms with van der Waals surface area (Å²) < 4.78 is 67.0. The molecule has 11 heteroatoms. The second-order valence-corrected chi connectivity index (χ2v) is 10.4. The minimum atomic E-state index is -3.83. The summed E-state index contributed by atoms with van der Waals surface area (Å²) in [6.45, 7) is 3.84. The van der Waals surface area contributed by atoms with Crippen molar-refractivity contribution in [2.75, 3.05) is 24.9 Å². The molecule has 1 saturated heterocycles. The molecule has 0 radical (unpaired) electrons. The Kier molecular flexibility index (Phi) is 7.85. The van der Waals surface area contributed by atoms with Crippen LogP contribution in [0.2, 0.25) is 0 Å². The standard InChI is InChI=1S/C15H24FN3O4S2.ClH/c1-11(2)24(20,21)18-15-7-6-13(9-14(15)16)25(22,23)19-8-4-5-12(19)10-17-3;/h6-7,9,11-12,17-18H,4-5,8,10H2,1-3H3;1H. The Labute approximate surface area is 160 Å². The van der Waals surface area contributed by atoms with Crippen molar-refractivity contribution >= 4 is 38.1 Å². The van der Waals surface area contributed by atoms with E-state index >= 15 is 0 Å². The highest BCUT2D eigenvalue weighted by Gasteiger charge is 2.35. The minimum absolute atomic E-state index is 0. The number of likely N-dealkylation sites (N-methyl/N-ethyl adjacent to an activating group) is 1. The third kappa shape index (κ3) is 4.86. The number of hydrogen-bond acceptors (Lipinski definition) is 5. The molecular weight excluding hydrogens is 405 g/mol. The first-order chi connectivity index (χ1) is 11.6. The number of rotatable bonds is 7. The molecule has 0 bridgehead atoms. The van der Waals surface area contributed by atoms with E-state index < -0.39 is 31.1 Å². The normalized spacial score (nSPS) is 18.7. The van der Waals surface area contributed by atoms with Gasteiger partial charge in [0.05, 0.1) is 15.8 Å². The molecule has 1 aromatic rings. The molecule has 0 aromatic heterocycles. The van der Waals surface area contributed by atoms with Crippen LogP contribution in [-0.4, -0.2) is 52.6 Å². The van der Waals surface area contributed by atoms with Crippen molar-refractivity contribution in [3.05, 3.63) is 24.0 Å². The van der Waals surface area contributed by atoms with Crippen molar-refractivity contribution < 1.29 is 21.2 Å². The van der Waals surface area contributed by atoms with Crippen molar-refractivity contribution in [3.63, 3.8) is 0 Å². The maximum Gasteiger partial charge on any atom is 0.243 e. The van der Waals surface area contributed by atoms with E-state index in [2.05, 4.69) is 10.0 Å². The van der Waals surface area contributed by atoms with Crippen LogP contribution in [0, 0.1) is 5.82 Å². The monoisotopic (exact) mass is 429 g/mol. The van der Waals surface area contributed by atoms with Crippen molar-refractivity contribution in [1.29, 1.82) is 0 Å². The molecule has 1 aliphatic rings. The summed E-state index contributed by atoms with van der Waals surface area (Å²) in [7, 11) is -5.80. The number of anilines is 1. The molecule has 0 amide bonds. The van der Waals surface area contributed by atoms with E-state index in [0.717, 1.165) is 25.0 Å². The van der Waals surface area contributed by atoms with Gasteiger partial charge < -0.3 is 5.32 Å². The van der Waals surface area contributed by atoms with Gasteiger partial charge >= 0.3 is 0 Å². The Bertz CT molecular complexity index is 831. The summed E-state index contributed by atoms with van der Waals surface area (Å²) in [4.78, 5) is -0.180. The molecule has 1 unspecified atom stereocenters. The Morgan fingerprint density at radius 1 is 1.27 bits per heavy atom. The third-order valence-electron chi connectivity index (χ3n) is 4.18. The van der Waals surface area contributed by atoms with Crippen LogP contribution in [-0.2, 0) is 20.0 Å². The Balaban J connectivity index is 0.00000338. The van der Waals surface area contributed by atoms with Gasteiger partial charge in [0.1, 0.15) is 5.82 Å². The number of nitrogens with zero attached hydrogens (tertiary/aromatic N) is 1. The van der Waals surface area contributed by atoms with Gasteiger partial charge in [-0.25, -0.2) is 21.2 Å². The second kappa shape index (κ2) is 8.83. The van der Waals surface area contributed by atoms with Crippen LogP contribution in [0.5, 0.6) is 0 Å². The van der Waals surface area contributed by atoms with Crippen LogP contribution in [0.4, 0.5) is 10.1 Å². The van der Waals surface area contributed by atoms with E-state index in [0.29, 0.717) is 13.1 Å². The van der Waals surface area contributed by atoms with Crippen molar-refractivity contribution in [3.8, 4) is 0 Å². The van der Waals surface area contributed by atoms with Crippen molar-refractivity contribution in [2.45, 2.75) is 42.9 Å². The van der Waals surface area contributed by atoms with Crippen LogP contribution >= 0.6 is 12.4 Å². The lowest BCUT2D eigenvalue weighted by molar-refractivity contribution is 0.379. The number of hydrogen-bond donors (Lipinski definition) is 2. The lowest BCUT2D eigenvalue weighted by Gasteiger charge is -2.24. The first-order valence-electron chi connectivity index (χ1n) is 8.07. The molecule has 1 aromatic carbocycles. The predicted octanol–water partition coefficient (Wildman–Crippen LogP) is 1.77. The molecule has 1 aliphatic heterocycles. The molecule has 1 heterocycles. The molecule has 150 valence electrons. The smallest absolute Gasteiger partial charge is 0.243 e. The van der Waals surface area contributed by atoms with Gasteiger partial charge in [-0.3, -0.25) is 4.72 Å². The Morgan fingerprint density at radius 2 is 1.92 bits per heavy atom. The quantitative estimate of drug-likeness (QED) is 0.688. The van der Waals surface area contributed by atoms with Crippen LogP contribution in [0.1, 0.15) is 26.7 Å².